The molecule has 0 amide bonds. The fourth-order valence-corrected chi connectivity index (χ4v) is 1.61. The van der Waals surface area contributed by atoms with Crippen LogP contribution in [0.1, 0.15) is 12.5 Å². The Kier molecular flexibility index (Phi) is 3.96. The molecule has 1 N–H and O–H groups in total. The van der Waals surface area contributed by atoms with Gasteiger partial charge in [0.25, 0.3) is 0 Å². The molecule has 1 aromatic rings. The van der Waals surface area contributed by atoms with E-state index in [0.29, 0.717) is 0 Å². The number of ether oxygens (including phenoxy) is 2. The zero-order valence-electron chi connectivity index (χ0n) is 9.33. The van der Waals surface area contributed by atoms with E-state index in [0.717, 1.165) is 12.1 Å². The molecule has 5 heteroatoms. The van der Waals surface area contributed by atoms with E-state index in [1.54, 1.807) is 0 Å². The predicted molar refractivity (Wildman–Crippen MR) is 53.7 cm³/mol. The number of methoxy groups -OCH3 is 2. The molecule has 0 aliphatic heterocycles. The summed E-state index contributed by atoms with van der Waals surface area (Å²) in [5.74, 6) is -3.47. The Morgan fingerprint density at radius 2 is 1.75 bits per heavy atom. The Hall–Kier alpha value is -1.04. The molecule has 1 unspecified atom stereocenters. The lowest BCUT2D eigenvalue weighted by molar-refractivity contribution is -0.264. The van der Waals surface area contributed by atoms with Crippen LogP contribution in [0, 0.1) is 11.6 Å². The van der Waals surface area contributed by atoms with Gasteiger partial charge in [0.05, 0.1) is 0 Å². The van der Waals surface area contributed by atoms with Gasteiger partial charge in [-0.25, -0.2) is 8.78 Å². The van der Waals surface area contributed by atoms with Crippen LogP contribution in [0.5, 0.6) is 0 Å². The number of halogens is 2. The van der Waals surface area contributed by atoms with Crippen molar-refractivity contribution in [3.8, 4) is 0 Å². The average Bonchev–Trinajstić information content (AvgIpc) is 2.25. The lowest BCUT2D eigenvalue weighted by atomic mass is 10.0. The van der Waals surface area contributed by atoms with Crippen molar-refractivity contribution in [3.63, 3.8) is 0 Å². The molecule has 90 valence electrons. The third-order valence-corrected chi connectivity index (χ3v) is 2.48. The molecular formula is C11H14F2O3. The van der Waals surface area contributed by atoms with Gasteiger partial charge in [0.1, 0.15) is 6.10 Å². The summed E-state index contributed by atoms with van der Waals surface area (Å²) >= 11 is 0. The molecule has 3 nitrogen and oxygen atoms in total. The quantitative estimate of drug-likeness (QED) is 0.804. The van der Waals surface area contributed by atoms with Crippen LogP contribution in [0.25, 0.3) is 0 Å². The highest BCUT2D eigenvalue weighted by Crippen LogP contribution is 2.30. The minimum atomic E-state index is -1.49. The normalized spacial score (nSPS) is 13.9. The first-order chi connectivity index (χ1) is 7.47. The van der Waals surface area contributed by atoms with Crippen LogP contribution in [0.3, 0.4) is 0 Å². The largest absolute Gasteiger partial charge is 0.387 e. The molecule has 0 bridgehead atoms. The Morgan fingerprint density at radius 3 is 2.12 bits per heavy atom. The molecule has 0 aliphatic rings. The predicted octanol–water partition coefficient (Wildman–Crippen LogP) is 1.79. The molecule has 0 aromatic heterocycles. The highest BCUT2D eigenvalue weighted by Gasteiger charge is 2.38. The highest BCUT2D eigenvalue weighted by molar-refractivity contribution is 5.23. The fraction of sp³-hybridized carbons (Fsp3) is 0.455. The smallest absolute Gasteiger partial charge is 0.221 e. The van der Waals surface area contributed by atoms with Gasteiger partial charge in [-0.1, -0.05) is 6.07 Å². The van der Waals surface area contributed by atoms with Crippen LogP contribution in [0.4, 0.5) is 8.78 Å². The lowest BCUT2D eigenvalue weighted by Crippen LogP contribution is -2.41. The molecule has 0 spiro atoms. The summed E-state index contributed by atoms with van der Waals surface area (Å²) in [4.78, 5) is 0. The molecule has 1 aromatic carbocycles. The van der Waals surface area contributed by atoms with Crippen molar-refractivity contribution in [1.82, 2.24) is 0 Å². The first-order valence-corrected chi connectivity index (χ1v) is 4.71. The Balaban J connectivity index is 3.26. The maximum absolute atomic E-state index is 13.1. The summed E-state index contributed by atoms with van der Waals surface area (Å²) in [5, 5.41) is 9.61. The first-order valence-electron chi connectivity index (χ1n) is 4.71. The number of rotatable bonds is 4. The van der Waals surface area contributed by atoms with Crippen molar-refractivity contribution in [3.05, 3.63) is 35.4 Å². The summed E-state index contributed by atoms with van der Waals surface area (Å²) in [5.41, 5.74) is 0.214. The minimum absolute atomic E-state index is 0.214. The molecule has 0 saturated carbocycles. The van der Waals surface area contributed by atoms with Gasteiger partial charge in [-0.2, -0.15) is 0 Å². The molecule has 0 fully saturated rings. The van der Waals surface area contributed by atoms with Gasteiger partial charge in [-0.15, -0.1) is 0 Å². The summed E-state index contributed by atoms with van der Waals surface area (Å²) in [6, 6.07) is 3.20. The number of hydrogen-bond donors (Lipinski definition) is 1. The Bertz CT molecular complexity index is 362. The van der Waals surface area contributed by atoms with Crippen LogP contribution in [-0.2, 0) is 15.3 Å². The van der Waals surface area contributed by atoms with Gasteiger partial charge in [-0.3, -0.25) is 0 Å². The first kappa shape index (κ1) is 13.0. The van der Waals surface area contributed by atoms with E-state index in [-0.39, 0.29) is 5.56 Å². The number of aliphatic hydroxyl groups is 1. The van der Waals surface area contributed by atoms with Crippen molar-refractivity contribution < 1.29 is 23.4 Å². The third kappa shape index (κ3) is 2.07. The molecule has 0 aliphatic carbocycles. The van der Waals surface area contributed by atoms with Crippen molar-refractivity contribution in [2.75, 3.05) is 14.2 Å². The lowest BCUT2D eigenvalue weighted by Gasteiger charge is -2.33. The molecule has 0 saturated heterocycles. The summed E-state index contributed by atoms with van der Waals surface area (Å²) in [7, 11) is 2.63. The van der Waals surface area contributed by atoms with Gasteiger partial charge in [0.2, 0.25) is 5.79 Å². The van der Waals surface area contributed by atoms with Gasteiger partial charge in [-0.05, 0) is 19.1 Å². The maximum Gasteiger partial charge on any atom is 0.221 e. The summed E-state index contributed by atoms with van der Waals surface area (Å²) < 4.78 is 36.0. The van der Waals surface area contributed by atoms with Crippen LogP contribution in [0.2, 0.25) is 0 Å². The zero-order chi connectivity index (χ0) is 12.3. The van der Waals surface area contributed by atoms with E-state index in [2.05, 4.69) is 0 Å². The Morgan fingerprint density at radius 1 is 1.19 bits per heavy atom. The third-order valence-electron chi connectivity index (χ3n) is 2.48. The topological polar surface area (TPSA) is 38.7 Å². The zero-order valence-corrected chi connectivity index (χ0v) is 9.33. The van der Waals surface area contributed by atoms with Gasteiger partial charge in [0.15, 0.2) is 11.6 Å². The van der Waals surface area contributed by atoms with E-state index in [1.807, 2.05) is 0 Å². The number of benzene rings is 1. The highest BCUT2D eigenvalue weighted by atomic mass is 19.2. The van der Waals surface area contributed by atoms with E-state index in [9.17, 15) is 13.9 Å². The van der Waals surface area contributed by atoms with Crippen molar-refractivity contribution in [2.24, 2.45) is 0 Å². The number of aliphatic hydroxyl groups excluding tert-OH is 1. The van der Waals surface area contributed by atoms with Crippen molar-refractivity contribution >= 4 is 0 Å². The maximum atomic E-state index is 13.1. The van der Waals surface area contributed by atoms with Crippen LogP contribution >= 0.6 is 0 Å². The van der Waals surface area contributed by atoms with Crippen molar-refractivity contribution in [2.45, 2.75) is 18.8 Å². The van der Waals surface area contributed by atoms with Crippen LogP contribution < -0.4 is 0 Å². The summed E-state index contributed by atoms with van der Waals surface area (Å²) in [6.45, 7) is 1.44. The fourth-order valence-electron chi connectivity index (χ4n) is 1.61. The molecule has 0 heterocycles. The molecule has 1 atom stereocenters. The Labute approximate surface area is 92.6 Å². The average molecular weight is 232 g/mol. The molecule has 16 heavy (non-hydrogen) atoms. The second kappa shape index (κ2) is 4.86. The second-order valence-electron chi connectivity index (χ2n) is 3.38. The van der Waals surface area contributed by atoms with E-state index in [1.165, 1.54) is 27.2 Å². The molecule has 1 rings (SSSR count). The second-order valence-corrected chi connectivity index (χ2v) is 3.38. The summed E-state index contributed by atoms with van der Waals surface area (Å²) in [6.07, 6.45) is -1.03. The number of hydrogen-bond acceptors (Lipinski definition) is 3. The van der Waals surface area contributed by atoms with Crippen LogP contribution in [0.15, 0.2) is 18.2 Å². The SMILES string of the molecule is COC(OC)(c1ccc(F)c(F)c1)C(C)O. The van der Waals surface area contributed by atoms with Crippen LogP contribution in [-0.4, -0.2) is 25.4 Å². The van der Waals surface area contributed by atoms with Gasteiger partial charge < -0.3 is 14.6 Å². The minimum Gasteiger partial charge on any atom is -0.387 e. The van der Waals surface area contributed by atoms with Gasteiger partial charge in [0, 0.05) is 19.8 Å². The monoisotopic (exact) mass is 232 g/mol. The van der Waals surface area contributed by atoms with E-state index >= 15 is 0 Å². The van der Waals surface area contributed by atoms with Gasteiger partial charge >= 0.3 is 0 Å². The molecule has 0 radical (unpaired) electrons. The molecular weight excluding hydrogens is 218 g/mol. The van der Waals surface area contributed by atoms with Crippen molar-refractivity contribution in [1.29, 1.82) is 0 Å². The van der Waals surface area contributed by atoms with E-state index in [4.69, 9.17) is 9.47 Å². The standard InChI is InChI=1S/C11H14F2O3/c1-7(14)11(15-2,16-3)8-4-5-9(12)10(13)6-8/h4-7,14H,1-3H3. The van der Waals surface area contributed by atoms with E-state index < -0.39 is 23.5 Å².